The van der Waals surface area contributed by atoms with Crippen LogP contribution in [0.15, 0.2) is 36.4 Å². The van der Waals surface area contributed by atoms with E-state index in [0.717, 1.165) is 13.1 Å². The molecule has 1 N–H and O–H groups in total. The summed E-state index contributed by atoms with van der Waals surface area (Å²) in [5.74, 6) is 0. The van der Waals surface area contributed by atoms with Crippen molar-refractivity contribution in [1.82, 2.24) is 4.90 Å². The molecule has 2 nitrogen and oxygen atoms in total. The lowest BCUT2D eigenvalue weighted by Crippen LogP contribution is -2.07. The Morgan fingerprint density at radius 3 is 2.37 bits per heavy atom. The van der Waals surface area contributed by atoms with Crippen LogP contribution in [-0.2, 0) is 13.1 Å². The van der Waals surface area contributed by atoms with Crippen molar-refractivity contribution < 1.29 is 0 Å². The van der Waals surface area contributed by atoms with Gasteiger partial charge in [-0.3, -0.25) is 4.90 Å². The van der Waals surface area contributed by atoms with E-state index in [-0.39, 0.29) is 0 Å². The maximum atomic E-state index is 3.57. The Hall–Kier alpha value is -1.80. The van der Waals surface area contributed by atoms with Gasteiger partial charge in [0, 0.05) is 24.5 Å². The second kappa shape index (κ2) is 4.71. The average molecular weight is 252 g/mol. The average Bonchev–Trinajstić information content (AvgIpc) is 2.73. The van der Waals surface area contributed by atoms with Gasteiger partial charge in [-0.1, -0.05) is 24.3 Å². The van der Waals surface area contributed by atoms with E-state index < -0.39 is 0 Å². The summed E-state index contributed by atoms with van der Waals surface area (Å²) in [6, 6.07) is 13.1. The van der Waals surface area contributed by atoms with Gasteiger partial charge in [-0.15, -0.1) is 0 Å². The molecular formula is C17H20N2. The van der Waals surface area contributed by atoms with Crippen molar-refractivity contribution in [3.8, 4) is 0 Å². The Kier molecular flexibility index (Phi) is 3.03. The Labute approximate surface area is 115 Å². The van der Waals surface area contributed by atoms with Crippen molar-refractivity contribution >= 4 is 11.4 Å². The fourth-order valence-electron chi connectivity index (χ4n) is 2.80. The number of hydrogen-bond acceptors (Lipinski definition) is 2. The molecule has 1 aliphatic heterocycles. The lowest BCUT2D eigenvalue weighted by molar-refractivity contribution is 0.353. The van der Waals surface area contributed by atoms with Crippen LogP contribution >= 0.6 is 0 Å². The van der Waals surface area contributed by atoms with E-state index in [0.29, 0.717) is 0 Å². The van der Waals surface area contributed by atoms with E-state index in [1.807, 2.05) is 0 Å². The number of hydrogen-bond donors (Lipinski definition) is 1. The van der Waals surface area contributed by atoms with Crippen molar-refractivity contribution in [1.29, 1.82) is 0 Å². The molecule has 0 amide bonds. The lowest BCUT2D eigenvalue weighted by atomic mass is 10.1. The van der Waals surface area contributed by atoms with E-state index >= 15 is 0 Å². The first-order chi connectivity index (χ1) is 9.13. The fourth-order valence-corrected chi connectivity index (χ4v) is 2.80. The summed E-state index contributed by atoms with van der Waals surface area (Å²) in [6.07, 6.45) is 0. The van der Waals surface area contributed by atoms with Crippen molar-refractivity contribution in [3.05, 3.63) is 58.7 Å². The number of rotatable bonds is 2. The van der Waals surface area contributed by atoms with Gasteiger partial charge in [-0.2, -0.15) is 0 Å². The number of nitrogens with one attached hydrogen (secondary N) is 1. The van der Waals surface area contributed by atoms with E-state index in [2.05, 4.69) is 67.5 Å². The molecular weight excluding hydrogens is 232 g/mol. The van der Waals surface area contributed by atoms with Gasteiger partial charge in [-0.25, -0.2) is 0 Å². The number of benzene rings is 2. The highest BCUT2D eigenvalue weighted by atomic mass is 15.1. The minimum atomic E-state index is 1.05. The molecule has 1 heterocycles. The molecule has 0 bridgehead atoms. The fraction of sp³-hybridized carbons (Fsp3) is 0.294. The monoisotopic (exact) mass is 252 g/mol. The van der Waals surface area contributed by atoms with Crippen LogP contribution in [0.25, 0.3) is 0 Å². The SMILES string of the molecule is Cc1cccc(C)c1Nc1ccc2c(c1)CN(C)C2. The zero-order valence-electron chi connectivity index (χ0n) is 11.8. The molecule has 0 saturated heterocycles. The number of anilines is 2. The molecule has 0 radical (unpaired) electrons. The van der Waals surface area contributed by atoms with Gasteiger partial charge in [0.05, 0.1) is 0 Å². The van der Waals surface area contributed by atoms with Crippen LogP contribution in [-0.4, -0.2) is 11.9 Å². The van der Waals surface area contributed by atoms with Crippen molar-refractivity contribution in [2.45, 2.75) is 26.9 Å². The van der Waals surface area contributed by atoms with Gasteiger partial charge in [-0.05, 0) is 55.3 Å². The number of fused-ring (bicyclic) bond motifs is 1. The summed E-state index contributed by atoms with van der Waals surface area (Å²) in [4.78, 5) is 2.34. The summed E-state index contributed by atoms with van der Waals surface area (Å²) < 4.78 is 0. The number of para-hydroxylation sites is 1. The van der Waals surface area contributed by atoms with Gasteiger partial charge in [0.25, 0.3) is 0 Å². The topological polar surface area (TPSA) is 15.3 Å². The van der Waals surface area contributed by atoms with Crippen molar-refractivity contribution in [3.63, 3.8) is 0 Å². The number of nitrogens with zero attached hydrogens (tertiary/aromatic N) is 1. The quantitative estimate of drug-likeness (QED) is 0.869. The zero-order chi connectivity index (χ0) is 13.4. The molecule has 3 rings (SSSR count). The summed E-state index contributed by atoms with van der Waals surface area (Å²) in [5, 5.41) is 3.57. The predicted octanol–water partition coefficient (Wildman–Crippen LogP) is 3.99. The van der Waals surface area contributed by atoms with E-state index in [9.17, 15) is 0 Å². The van der Waals surface area contributed by atoms with Crippen LogP contribution in [0.4, 0.5) is 11.4 Å². The Balaban J connectivity index is 1.91. The van der Waals surface area contributed by atoms with Gasteiger partial charge >= 0.3 is 0 Å². The number of aryl methyl sites for hydroxylation is 2. The Morgan fingerprint density at radius 2 is 1.63 bits per heavy atom. The van der Waals surface area contributed by atoms with Crippen LogP contribution in [0.5, 0.6) is 0 Å². The van der Waals surface area contributed by atoms with Crippen LogP contribution in [0.1, 0.15) is 22.3 Å². The maximum Gasteiger partial charge on any atom is 0.0443 e. The Morgan fingerprint density at radius 1 is 0.947 bits per heavy atom. The van der Waals surface area contributed by atoms with Gasteiger partial charge in [0.15, 0.2) is 0 Å². The molecule has 0 atom stereocenters. The second-order valence-corrected chi connectivity index (χ2v) is 5.55. The Bertz CT molecular complexity index is 596. The first kappa shape index (κ1) is 12.2. The molecule has 0 unspecified atom stereocenters. The normalized spacial score (nSPS) is 14.5. The van der Waals surface area contributed by atoms with Crippen LogP contribution in [0.3, 0.4) is 0 Å². The van der Waals surface area contributed by atoms with Gasteiger partial charge in [0.1, 0.15) is 0 Å². The lowest BCUT2D eigenvalue weighted by Gasteiger charge is -2.13. The van der Waals surface area contributed by atoms with E-state index in [1.165, 1.54) is 33.6 Å². The molecule has 2 heteroatoms. The van der Waals surface area contributed by atoms with Gasteiger partial charge < -0.3 is 5.32 Å². The van der Waals surface area contributed by atoms with Crippen LogP contribution < -0.4 is 5.32 Å². The second-order valence-electron chi connectivity index (χ2n) is 5.55. The molecule has 19 heavy (non-hydrogen) atoms. The minimum Gasteiger partial charge on any atom is -0.355 e. The summed E-state index contributed by atoms with van der Waals surface area (Å²) >= 11 is 0. The molecule has 0 aliphatic carbocycles. The molecule has 2 aromatic rings. The van der Waals surface area contributed by atoms with Crippen molar-refractivity contribution in [2.24, 2.45) is 0 Å². The molecule has 98 valence electrons. The minimum absolute atomic E-state index is 1.05. The summed E-state index contributed by atoms with van der Waals surface area (Å²) in [5.41, 5.74) is 7.89. The maximum absolute atomic E-state index is 3.57. The highest BCUT2D eigenvalue weighted by molar-refractivity contribution is 5.67. The third-order valence-electron chi connectivity index (χ3n) is 3.84. The summed E-state index contributed by atoms with van der Waals surface area (Å²) in [7, 11) is 2.17. The molecule has 0 saturated carbocycles. The molecule has 0 aromatic heterocycles. The third kappa shape index (κ3) is 2.36. The predicted molar refractivity (Wildman–Crippen MR) is 80.8 cm³/mol. The third-order valence-corrected chi connectivity index (χ3v) is 3.84. The first-order valence-corrected chi connectivity index (χ1v) is 6.77. The zero-order valence-corrected chi connectivity index (χ0v) is 11.8. The summed E-state index contributed by atoms with van der Waals surface area (Å²) in [6.45, 7) is 6.42. The van der Waals surface area contributed by atoms with Crippen molar-refractivity contribution in [2.75, 3.05) is 12.4 Å². The molecule has 1 aliphatic rings. The first-order valence-electron chi connectivity index (χ1n) is 6.77. The highest BCUT2D eigenvalue weighted by Crippen LogP contribution is 2.28. The van der Waals surface area contributed by atoms with Gasteiger partial charge in [0.2, 0.25) is 0 Å². The van der Waals surface area contributed by atoms with E-state index in [4.69, 9.17) is 0 Å². The smallest absolute Gasteiger partial charge is 0.0443 e. The standard InChI is InChI=1S/C17H20N2/c1-12-5-4-6-13(2)17(12)18-16-8-7-14-10-19(3)11-15(14)9-16/h4-9,18H,10-11H2,1-3H3. The van der Waals surface area contributed by atoms with Crippen LogP contribution in [0, 0.1) is 13.8 Å². The highest BCUT2D eigenvalue weighted by Gasteiger charge is 2.15. The molecule has 0 spiro atoms. The molecule has 0 fully saturated rings. The largest absolute Gasteiger partial charge is 0.355 e. The molecule has 2 aromatic carbocycles. The van der Waals surface area contributed by atoms with Crippen LogP contribution in [0.2, 0.25) is 0 Å². The van der Waals surface area contributed by atoms with E-state index in [1.54, 1.807) is 0 Å².